The molecule has 0 radical (unpaired) electrons. The van der Waals surface area contributed by atoms with Crippen LogP contribution in [0.5, 0.6) is 0 Å². The number of hydrogen-bond donors (Lipinski definition) is 2. The van der Waals surface area contributed by atoms with Gasteiger partial charge in [-0.2, -0.15) is 18.3 Å². The van der Waals surface area contributed by atoms with Crippen molar-refractivity contribution < 1.29 is 13.2 Å². The minimum Gasteiger partial charge on any atom is -0.335 e. The Balaban J connectivity index is 2.43. The van der Waals surface area contributed by atoms with E-state index < -0.39 is 11.7 Å². The van der Waals surface area contributed by atoms with Crippen LogP contribution in [0.1, 0.15) is 5.56 Å². The highest BCUT2D eigenvalue weighted by Gasteiger charge is 2.30. The molecule has 0 unspecified atom stereocenters. The summed E-state index contributed by atoms with van der Waals surface area (Å²) in [4.78, 5) is 0. The topological polar surface area (TPSA) is 59.6 Å². The van der Waals surface area contributed by atoms with Crippen LogP contribution < -0.4 is 5.84 Å². The number of nitrogens with zero attached hydrogens (tertiary/aromatic N) is 2. The van der Waals surface area contributed by atoms with Crippen molar-refractivity contribution in [3.05, 3.63) is 34.6 Å². The highest BCUT2D eigenvalue weighted by atomic mass is 32.1. The summed E-state index contributed by atoms with van der Waals surface area (Å²) in [6, 6.07) is 4.51. The maximum atomic E-state index is 12.3. The van der Waals surface area contributed by atoms with Crippen molar-refractivity contribution in [2.75, 3.05) is 5.84 Å². The maximum absolute atomic E-state index is 12.3. The SMILES string of the molecule is Nn1c(-c2ccc(C(F)(F)F)cc2)n[nH]c1=S. The number of aromatic amines is 1. The number of nitrogens with two attached hydrogens (primary N) is 1. The second-order valence-corrected chi connectivity index (χ2v) is 3.68. The third-order valence-corrected chi connectivity index (χ3v) is 2.46. The van der Waals surface area contributed by atoms with Gasteiger partial charge in [-0.15, -0.1) is 0 Å². The van der Waals surface area contributed by atoms with Crippen LogP contribution in [0.4, 0.5) is 13.2 Å². The van der Waals surface area contributed by atoms with Gasteiger partial charge in [-0.05, 0) is 24.4 Å². The lowest BCUT2D eigenvalue weighted by Crippen LogP contribution is -2.10. The summed E-state index contributed by atoms with van der Waals surface area (Å²) in [5.41, 5.74) is -0.271. The van der Waals surface area contributed by atoms with Crippen LogP contribution in [-0.2, 0) is 6.18 Å². The summed E-state index contributed by atoms with van der Waals surface area (Å²) in [6.07, 6.45) is -4.36. The van der Waals surface area contributed by atoms with Crippen LogP contribution in [0.2, 0.25) is 0 Å². The highest BCUT2D eigenvalue weighted by Crippen LogP contribution is 2.30. The van der Waals surface area contributed by atoms with Crippen molar-refractivity contribution in [1.82, 2.24) is 14.9 Å². The standard InChI is InChI=1S/C9H7F3N4S/c10-9(11,12)6-3-1-5(2-4-6)7-14-15-8(17)16(7)13/h1-4H,13H2,(H,15,17). The van der Waals surface area contributed by atoms with E-state index >= 15 is 0 Å². The van der Waals surface area contributed by atoms with E-state index in [-0.39, 0.29) is 10.6 Å². The Morgan fingerprint density at radius 2 is 1.82 bits per heavy atom. The predicted molar refractivity (Wildman–Crippen MR) is 58.0 cm³/mol. The molecular weight excluding hydrogens is 253 g/mol. The zero-order valence-electron chi connectivity index (χ0n) is 8.32. The third kappa shape index (κ3) is 2.16. The molecule has 0 saturated heterocycles. The molecule has 0 aliphatic rings. The Morgan fingerprint density at radius 1 is 1.24 bits per heavy atom. The molecule has 0 fully saturated rings. The summed E-state index contributed by atoms with van der Waals surface area (Å²) in [5, 5.41) is 6.27. The number of halogens is 3. The molecule has 0 amide bonds. The predicted octanol–water partition coefficient (Wildman–Crippen LogP) is 2.34. The number of benzene rings is 1. The maximum Gasteiger partial charge on any atom is 0.416 e. The Hall–Kier alpha value is -1.83. The lowest BCUT2D eigenvalue weighted by molar-refractivity contribution is -0.137. The molecule has 90 valence electrons. The van der Waals surface area contributed by atoms with Crippen molar-refractivity contribution in [3.8, 4) is 11.4 Å². The number of nitrogens with one attached hydrogen (secondary N) is 1. The second-order valence-electron chi connectivity index (χ2n) is 3.30. The first-order valence-corrected chi connectivity index (χ1v) is 4.90. The Morgan fingerprint density at radius 3 is 2.24 bits per heavy atom. The van der Waals surface area contributed by atoms with Crippen LogP contribution in [0.15, 0.2) is 24.3 Å². The van der Waals surface area contributed by atoms with Crippen molar-refractivity contribution in [1.29, 1.82) is 0 Å². The zero-order valence-corrected chi connectivity index (χ0v) is 9.14. The number of H-pyrrole nitrogens is 1. The van der Waals surface area contributed by atoms with Crippen molar-refractivity contribution >= 4 is 12.2 Å². The van der Waals surface area contributed by atoms with E-state index in [1.54, 1.807) is 0 Å². The number of nitrogen functional groups attached to an aromatic ring is 1. The first-order valence-electron chi connectivity index (χ1n) is 4.50. The molecule has 0 aliphatic carbocycles. The van der Waals surface area contributed by atoms with Gasteiger partial charge in [-0.25, -0.2) is 9.77 Å². The molecule has 17 heavy (non-hydrogen) atoms. The summed E-state index contributed by atoms with van der Waals surface area (Å²) < 4.78 is 38.3. The number of rotatable bonds is 1. The van der Waals surface area contributed by atoms with Crippen LogP contribution in [0, 0.1) is 4.77 Å². The van der Waals surface area contributed by atoms with Crippen LogP contribution in [-0.4, -0.2) is 14.9 Å². The normalized spacial score (nSPS) is 11.7. The van der Waals surface area contributed by atoms with Gasteiger partial charge in [0.1, 0.15) is 0 Å². The molecule has 4 nitrogen and oxygen atoms in total. The molecule has 3 N–H and O–H groups in total. The quantitative estimate of drug-likeness (QED) is 0.611. The van der Waals surface area contributed by atoms with E-state index in [9.17, 15) is 13.2 Å². The molecular formula is C9H7F3N4S. The number of aromatic nitrogens is 3. The summed E-state index contributed by atoms with van der Waals surface area (Å²) in [7, 11) is 0. The van der Waals surface area contributed by atoms with Crippen LogP contribution in [0.3, 0.4) is 0 Å². The minimum absolute atomic E-state index is 0.194. The van der Waals surface area contributed by atoms with Gasteiger partial charge in [0, 0.05) is 5.56 Å². The Labute approximate surface area is 98.8 Å². The Bertz CT molecular complexity index is 582. The van der Waals surface area contributed by atoms with E-state index in [0.717, 1.165) is 16.8 Å². The average Bonchev–Trinajstić information content (AvgIpc) is 2.59. The largest absolute Gasteiger partial charge is 0.416 e. The lowest BCUT2D eigenvalue weighted by Gasteiger charge is -2.06. The molecule has 0 saturated carbocycles. The van der Waals surface area contributed by atoms with Crippen LogP contribution in [0.25, 0.3) is 11.4 Å². The van der Waals surface area contributed by atoms with E-state index in [1.165, 1.54) is 12.1 Å². The van der Waals surface area contributed by atoms with Gasteiger partial charge in [0.05, 0.1) is 5.56 Å². The summed E-state index contributed by atoms with van der Waals surface area (Å²) in [5.74, 6) is 5.84. The molecule has 0 atom stereocenters. The first-order chi connectivity index (χ1) is 7.89. The van der Waals surface area contributed by atoms with E-state index in [1.807, 2.05) is 0 Å². The molecule has 2 rings (SSSR count). The fourth-order valence-electron chi connectivity index (χ4n) is 1.32. The summed E-state index contributed by atoms with van der Waals surface area (Å²) in [6.45, 7) is 0. The van der Waals surface area contributed by atoms with Gasteiger partial charge in [-0.3, -0.25) is 0 Å². The average molecular weight is 260 g/mol. The monoisotopic (exact) mass is 260 g/mol. The van der Waals surface area contributed by atoms with Gasteiger partial charge in [0.15, 0.2) is 5.82 Å². The van der Waals surface area contributed by atoms with Gasteiger partial charge < -0.3 is 5.84 Å². The van der Waals surface area contributed by atoms with E-state index in [2.05, 4.69) is 10.2 Å². The lowest BCUT2D eigenvalue weighted by atomic mass is 10.1. The third-order valence-electron chi connectivity index (χ3n) is 2.17. The van der Waals surface area contributed by atoms with E-state index in [0.29, 0.717) is 5.56 Å². The Kier molecular flexibility index (Phi) is 2.66. The molecule has 0 spiro atoms. The van der Waals surface area contributed by atoms with Crippen LogP contribution >= 0.6 is 12.2 Å². The number of alkyl halides is 3. The van der Waals surface area contributed by atoms with Gasteiger partial charge in [0.2, 0.25) is 4.77 Å². The fraction of sp³-hybridized carbons (Fsp3) is 0.111. The van der Waals surface area contributed by atoms with Gasteiger partial charge in [0.25, 0.3) is 0 Å². The summed E-state index contributed by atoms with van der Waals surface area (Å²) >= 11 is 4.80. The van der Waals surface area contributed by atoms with Crippen molar-refractivity contribution in [2.45, 2.75) is 6.18 Å². The molecule has 1 aromatic heterocycles. The minimum atomic E-state index is -4.36. The van der Waals surface area contributed by atoms with Gasteiger partial charge in [-0.1, -0.05) is 12.1 Å². The van der Waals surface area contributed by atoms with Crippen molar-refractivity contribution in [2.24, 2.45) is 0 Å². The fourth-order valence-corrected chi connectivity index (χ4v) is 1.45. The molecule has 2 aromatic rings. The molecule has 1 heterocycles. The number of hydrogen-bond acceptors (Lipinski definition) is 3. The zero-order chi connectivity index (χ0) is 12.6. The molecule has 0 aliphatic heterocycles. The molecule has 0 bridgehead atoms. The smallest absolute Gasteiger partial charge is 0.335 e. The molecule has 1 aromatic carbocycles. The van der Waals surface area contributed by atoms with Gasteiger partial charge >= 0.3 is 6.18 Å². The van der Waals surface area contributed by atoms with E-state index in [4.69, 9.17) is 18.1 Å². The molecule has 8 heteroatoms. The second kappa shape index (κ2) is 3.88. The highest BCUT2D eigenvalue weighted by molar-refractivity contribution is 7.71. The first kappa shape index (κ1) is 11.6. The van der Waals surface area contributed by atoms with Crippen molar-refractivity contribution in [3.63, 3.8) is 0 Å².